The maximum Gasteiger partial charge on any atom is 0.272 e. The van der Waals surface area contributed by atoms with Crippen molar-refractivity contribution in [2.24, 2.45) is 0 Å². The molecule has 1 aliphatic heterocycles. The van der Waals surface area contributed by atoms with Gasteiger partial charge in [0.2, 0.25) is 5.82 Å². The summed E-state index contributed by atoms with van der Waals surface area (Å²) in [6.45, 7) is 0. The van der Waals surface area contributed by atoms with Crippen LogP contribution in [0, 0.1) is 11.3 Å². The lowest BCUT2D eigenvalue weighted by Crippen LogP contribution is -2.29. The number of H-pyrrole nitrogens is 2. The molecule has 5 aromatic rings. The predicted molar refractivity (Wildman–Crippen MR) is 128 cm³/mol. The largest absolute Gasteiger partial charge is 0.349 e. The second-order valence-electron chi connectivity index (χ2n) is 7.98. The first-order valence-electron chi connectivity index (χ1n) is 10.7. The summed E-state index contributed by atoms with van der Waals surface area (Å²) >= 11 is 0. The standard InChI is InChI=1S/C25H14N8O3/c26-12-13-8-9-18(17(10-13)22-29-31-32-30-22)28-23(34)19-11-14-4-3-7-20(21(14)27-19)33-24(35)15-5-1-2-6-16(15)25(33)36/h1-11,27H,(H,28,34)(H,29,30,31,32). The van der Waals surface area contributed by atoms with Crippen molar-refractivity contribution in [3.63, 3.8) is 0 Å². The Morgan fingerprint density at radius 1 is 0.944 bits per heavy atom. The van der Waals surface area contributed by atoms with E-state index in [0.717, 1.165) is 4.90 Å². The number of carbonyl (C=O) groups excluding carboxylic acids is 3. The van der Waals surface area contributed by atoms with Gasteiger partial charge in [0.15, 0.2) is 0 Å². The highest BCUT2D eigenvalue weighted by atomic mass is 16.2. The van der Waals surface area contributed by atoms with Crippen LogP contribution >= 0.6 is 0 Å². The molecule has 172 valence electrons. The Balaban J connectivity index is 1.36. The smallest absolute Gasteiger partial charge is 0.272 e. The Kier molecular flexibility index (Phi) is 4.65. The molecule has 36 heavy (non-hydrogen) atoms. The first kappa shape index (κ1) is 20.9. The molecule has 0 saturated heterocycles. The summed E-state index contributed by atoms with van der Waals surface area (Å²) in [4.78, 5) is 43.3. The molecular formula is C25H14N8O3. The number of hydrogen-bond acceptors (Lipinski definition) is 7. The number of carbonyl (C=O) groups is 3. The van der Waals surface area contributed by atoms with E-state index in [1.54, 1.807) is 66.7 Å². The molecule has 6 rings (SSSR count). The molecule has 0 radical (unpaired) electrons. The quantitative estimate of drug-likeness (QED) is 0.337. The Bertz CT molecular complexity index is 1710. The van der Waals surface area contributed by atoms with Crippen molar-refractivity contribution in [1.29, 1.82) is 5.26 Å². The van der Waals surface area contributed by atoms with Gasteiger partial charge in [-0.15, -0.1) is 10.2 Å². The monoisotopic (exact) mass is 474 g/mol. The third kappa shape index (κ3) is 3.21. The van der Waals surface area contributed by atoms with Gasteiger partial charge in [0.05, 0.1) is 39.7 Å². The summed E-state index contributed by atoms with van der Waals surface area (Å²) in [6.07, 6.45) is 0. The number of nitrogens with one attached hydrogen (secondary N) is 3. The van der Waals surface area contributed by atoms with E-state index in [9.17, 15) is 19.6 Å². The van der Waals surface area contributed by atoms with Gasteiger partial charge < -0.3 is 10.3 Å². The highest BCUT2D eigenvalue weighted by Gasteiger charge is 2.37. The number of para-hydroxylation sites is 1. The highest BCUT2D eigenvalue weighted by molar-refractivity contribution is 6.36. The molecule has 1 aliphatic rings. The minimum atomic E-state index is -0.478. The van der Waals surface area contributed by atoms with E-state index in [1.807, 2.05) is 6.07 Å². The number of benzene rings is 3. The first-order valence-corrected chi connectivity index (χ1v) is 10.7. The summed E-state index contributed by atoms with van der Waals surface area (Å²) in [7, 11) is 0. The maximum absolute atomic E-state index is 13.2. The zero-order valence-electron chi connectivity index (χ0n) is 18.3. The number of rotatable bonds is 4. The number of aromatic amines is 2. The number of nitrogens with zero attached hydrogens (tertiary/aromatic N) is 5. The predicted octanol–water partition coefficient (Wildman–Crippen LogP) is 3.27. The van der Waals surface area contributed by atoms with Crippen molar-refractivity contribution in [3.8, 4) is 17.5 Å². The SMILES string of the molecule is N#Cc1ccc(NC(=O)c2cc3cccc(N4C(=O)c5ccccc5C4=O)c3[nH]2)c(-c2nn[nH]n2)c1. The molecule has 3 amide bonds. The number of amides is 3. The number of hydrogen-bond donors (Lipinski definition) is 3. The Morgan fingerprint density at radius 3 is 2.42 bits per heavy atom. The van der Waals surface area contributed by atoms with Crippen LogP contribution in [0.4, 0.5) is 11.4 Å². The van der Waals surface area contributed by atoms with E-state index >= 15 is 0 Å². The molecule has 0 spiro atoms. The van der Waals surface area contributed by atoms with Crippen molar-refractivity contribution >= 4 is 40.0 Å². The lowest BCUT2D eigenvalue weighted by molar-refractivity contribution is 0.0925. The van der Waals surface area contributed by atoms with Crippen LogP contribution in [-0.2, 0) is 0 Å². The molecule has 3 aromatic carbocycles. The van der Waals surface area contributed by atoms with Gasteiger partial charge in [0.25, 0.3) is 17.7 Å². The molecule has 0 aliphatic carbocycles. The number of anilines is 2. The highest BCUT2D eigenvalue weighted by Crippen LogP contribution is 2.34. The van der Waals surface area contributed by atoms with Gasteiger partial charge in [-0.05, 0) is 47.7 Å². The minimum Gasteiger partial charge on any atom is -0.349 e. The van der Waals surface area contributed by atoms with Crippen molar-refractivity contribution < 1.29 is 14.4 Å². The lowest BCUT2D eigenvalue weighted by Gasteiger charge is -2.15. The summed E-state index contributed by atoms with van der Waals surface area (Å²) in [5, 5.41) is 26.5. The Labute approximate surface area is 202 Å². The van der Waals surface area contributed by atoms with Gasteiger partial charge in [-0.3, -0.25) is 14.4 Å². The van der Waals surface area contributed by atoms with Crippen LogP contribution in [0.1, 0.15) is 36.8 Å². The van der Waals surface area contributed by atoms with Crippen molar-refractivity contribution in [1.82, 2.24) is 25.6 Å². The van der Waals surface area contributed by atoms with Gasteiger partial charge in [0.1, 0.15) is 5.69 Å². The van der Waals surface area contributed by atoms with Crippen LogP contribution in [0.15, 0.2) is 66.7 Å². The summed E-state index contributed by atoms with van der Waals surface area (Å²) < 4.78 is 0. The minimum absolute atomic E-state index is 0.206. The van der Waals surface area contributed by atoms with Crippen molar-refractivity contribution in [2.45, 2.75) is 0 Å². The third-order valence-electron chi connectivity index (χ3n) is 5.90. The molecular weight excluding hydrogens is 460 g/mol. The Morgan fingerprint density at radius 2 is 1.72 bits per heavy atom. The average Bonchev–Trinajstić information content (AvgIpc) is 3.64. The molecule has 0 saturated carbocycles. The average molecular weight is 474 g/mol. The van der Waals surface area contributed by atoms with Crippen LogP contribution < -0.4 is 10.2 Å². The molecule has 0 fully saturated rings. The number of tetrazole rings is 1. The van der Waals surface area contributed by atoms with Crippen molar-refractivity contribution in [2.75, 3.05) is 10.2 Å². The Hall–Kier alpha value is -5.63. The zero-order chi connectivity index (χ0) is 24.8. The molecule has 3 heterocycles. The van der Waals surface area contributed by atoms with E-state index in [2.05, 4.69) is 30.9 Å². The van der Waals surface area contributed by atoms with Gasteiger partial charge >= 0.3 is 0 Å². The van der Waals surface area contributed by atoms with Gasteiger partial charge in [0, 0.05) is 10.9 Å². The van der Waals surface area contributed by atoms with Gasteiger partial charge in [-0.1, -0.05) is 24.3 Å². The van der Waals surface area contributed by atoms with Crippen LogP contribution in [-0.4, -0.2) is 43.3 Å². The van der Waals surface area contributed by atoms with E-state index in [1.165, 1.54) is 0 Å². The normalized spacial score (nSPS) is 12.6. The molecule has 0 bridgehead atoms. The number of nitriles is 1. The third-order valence-corrected chi connectivity index (χ3v) is 5.90. The second kappa shape index (κ2) is 8.00. The van der Waals surface area contributed by atoms with E-state index in [4.69, 9.17) is 0 Å². The zero-order valence-corrected chi connectivity index (χ0v) is 18.3. The number of imide groups is 1. The number of aromatic nitrogens is 5. The topological polar surface area (TPSA) is 161 Å². The summed E-state index contributed by atoms with van der Waals surface area (Å²) in [6, 6.07) is 20.1. The fourth-order valence-electron chi connectivity index (χ4n) is 4.23. The van der Waals surface area contributed by atoms with Crippen LogP contribution in [0.2, 0.25) is 0 Å². The van der Waals surface area contributed by atoms with Crippen LogP contribution in [0.25, 0.3) is 22.3 Å². The lowest BCUT2D eigenvalue weighted by atomic mass is 10.1. The van der Waals surface area contributed by atoms with Gasteiger partial charge in [-0.25, -0.2) is 4.90 Å². The summed E-state index contributed by atoms with van der Waals surface area (Å²) in [5.41, 5.74) is 2.84. The maximum atomic E-state index is 13.2. The fraction of sp³-hybridized carbons (Fsp3) is 0. The first-order chi connectivity index (χ1) is 17.5. The van der Waals surface area contributed by atoms with E-state index in [0.29, 0.717) is 44.5 Å². The van der Waals surface area contributed by atoms with Crippen LogP contribution in [0.5, 0.6) is 0 Å². The van der Waals surface area contributed by atoms with E-state index < -0.39 is 17.7 Å². The molecule has 11 nitrogen and oxygen atoms in total. The number of fused-ring (bicyclic) bond motifs is 2. The van der Waals surface area contributed by atoms with Crippen molar-refractivity contribution in [3.05, 3.63) is 89.1 Å². The second-order valence-corrected chi connectivity index (χ2v) is 7.98. The van der Waals surface area contributed by atoms with E-state index in [-0.39, 0.29) is 11.5 Å². The fourth-order valence-corrected chi connectivity index (χ4v) is 4.23. The van der Waals surface area contributed by atoms with Gasteiger partial charge in [-0.2, -0.15) is 10.5 Å². The van der Waals surface area contributed by atoms with Crippen LogP contribution in [0.3, 0.4) is 0 Å². The molecule has 0 atom stereocenters. The molecule has 0 unspecified atom stereocenters. The summed E-state index contributed by atoms with van der Waals surface area (Å²) in [5.74, 6) is -1.11. The molecule has 2 aromatic heterocycles. The molecule has 3 N–H and O–H groups in total. The molecule has 11 heteroatoms.